The summed E-state index contributed by atoms with van der Waals surface area (Å²) in [5, 5.41) is 10.8. The SMILES string of the molecule is CC(C(=O)O)C(=O)N1CCc2sccc2C1. The Kier molecular flexibility index (Phi) is 2.96. The second kappa shape index (κ2) is 4.25. The maximum absolute atomic E-state index is 11.8. The molecule has 0 bridgehead atoms. The molecule has 16 heavy (non-hydrogen) atoms. The third-order valence-corrected chi connectivity index (χ3v) is 3.88. The van der Waals surface area contributed by atoms with Crippen molar-refractivity contribution in [2.45, 2.75) is 19.9 Å². The minimum absolute atomic E-state index is 0.288. The van der Waals surface area contributed by atoms with Gasteiger partial charge in [0.25, 0.3) is 0 Å². The molecule has 0 spiro atoms. The van der Waals surface area contributed by atoms with Gasteiger partial charge in [-0.2, -0.15) is 0 Å². The molecule has 1 aromatic rings. The number of hydrogen-bond donors (Lipinski definition) is 1. The van der Waals surface area contributed by atoms with Crippen molar-refractivity contribution in [2.75, 3.05) is 6.54 Å². The number of thiophene rings is 1. The first-order valence-electron chi connectivity index (χ1n) is 5.16. The molecule has 1 N–H and O–H groups in total. The summed E-state index contributed by atoms with van der Waals surface area (Å²) in [4.78, 5) is 25.5. The number of amides is 1. The zero-order valence-corrected chi connectivity index (χ0v) is 9.79. The number of carbonyl (C=O) groups excluding carboxylic acids is 1. The van der Waals surface area contributed by atoms with E-state index in [2.05, 4.69) is 0 Å². The molecule has 86 valence electrons. The smallest absolute Gasteiger partial charge is 0.315 e. The fraction of sp³-hybridized carbons (Fsp3) is 0.455. The fourth-order valence-electron chi connectivity index (χ4n) is 1.82. The van der Waals surface area contributed by atoms with E-state index >= 15 is 0 Å². The van der Waals surface area contributed by atoms with E-state index in [1.54, 1.807) is 16.2 Å². The minimum atomic E-state index is -1.05. The predicted molar refractivity (Wildman–Crippen MR) is 60.2 cm³/mol. The van der Waals surface area contributed by atoms with E-state index in [4.69, 9.17) is 5.11 Å². The molecule has 0 aliphatic carbocycles. The Bertz CT molecular complexity index is 427. The maximum Gasteiger partial charge on any atom is 0.315 e. The van der Waals surface area contributed by atoms with Crippen molar-refractivity contribution in [3.8, 4) is 0 Å². The summed E-state index contributed by atoms with van der Waals surface area (Å²) in [6.07, 6.45) is 0.838. The summed E-state index contributed by atoms with van der Waals surface area (Å²) in [6.45, 7) is 2.62. The monoisotopic (exact) mass is 239 g/mol. The van der Waals surface area contributed by atoms with Crippen molar-refractivity contribution in [3.05, 3.63) is 21.9 Å². The summed E-state index contributed by atoms with van der Waals surface area (Å²) in [5.74, 6) is -2.29. The Hall–Kier alpha value is -1.36. The minimum Gasteiger partial charge on any atom is -0.481 e. The van der Waals surface area contributed by atoms with E-state index in [-0.39, 0.29) is 5.91 Å². The van der Waals surface area contributed by atoms with Gasteiger partial charge >= 0.3 is 5.97 Å². The molecule has 0 saturated heterocycles. The van der Waals surface area contributed by atoms with Crippen LogP contribution in [0.25, 0.3) is 0 Å². The van der Waals surface area contributed by atoms with Crippen LogP contribution in [0.2, 0.25) is 0 Å². The summed E-state index contributed by atoms with van der Waals surface area (Å²) < 4.78 is 0. The molecule has 1 atom stereocenters. The lowest BCUT2D eigenvalue weighted by Crippen LogP contribution is -2.40. The molecule has 0 radical (unpaired) electrons. The Morgan fingerprint density at radius 3 is 3.00 bits per heavy atom. The van der Waals surface area contributed by atoms with Gasteiger partial charge in [-0.1, -0.05) is 0 Å². The van der Waals surface area contributed by atoms with Crippen molar-refractivity contribution in [3.63, 3.8) is 0 Å². The number of hydrogen-bond acceptors (Lipinski definition) is 3. The van der Waals surface area contributed by atoms with Gasteiger partial charge < -0.3 is 10.0 Å². The molecular formula is C11H13NO3S. The van der Waals surface area contributed by atoms with Gasteiger partial charge in [-0.05, 0) is 30.4 Å². The van der Waals surface area contributed by atoms with Crippen LogP contribution in [0.15, 0.2) is 11.4 Å². The Morgan fingerprint density at radius 2 is 2.31 bits per heavy atom. The average Bonchev–Trinajstić information content (AvgIpc) is 2.73. The Morgan fingerprint density at radius 1 is 1.56 bits per heavy atom. The largest absolute Gasteiger partial charge is 0.481 e. The highest BCUT2D eigenvalue weighted by Gasteiger charge is 2.28. The molecule has 0 aromatic carbocycles. The van der Waals surface area contributed by atoms with Crippen LogP contribution in [-0.2, 0) is 22.6 Å². The number of rotatable bonds is 2. The van der Waals surface area contributed by atoms with Crippen molar-refractivity contribution >= 4 is 23.2 Å². The first-order valence-corrected chi connectivity index (χ1v) is 6.04. The molecule has 1 aliphatic rings. The lowest BCUT2D eigenvalue weighted by atomic mass is 10.1. The molecule has 0 fully saturated rings. The van der Waals surface area contributed by atoms with Crippen LogP contribution in [0.1, 0.15) is 17.4 Å². The summed E-state index contributed by atoms with van der Waals surface area (Å²) in [5.41, 5.74) is 1.15. The molecule has 5 heteroatoms. The normalized spacial score (nSPS) is 16.7. The molecule has 2 heterocycles. The number of carboxylic acids is 1. The average molecular weight is 239 g/mol. The third kappa shape index (κ3) is 1.95. The van der Waals surface area contributed by atoms with E-state index in [0.29, 0.717) is 13.1 Å². The zero-order valence-electron chi connectivity index (χ0n) is 8.97. The van der Waals surface area contributed by atoms with Gasteiger partial charge in [-0.15, -0.1) is 11.3 Å². The molecule has 1 unspecified atom stereocenters. The lowest BCUT2D eigenvalue weighted by Gasteiger charge is -2.28. The van der Waals surface area contributed by atoms with Gasteiger partial charge in [0.05, 0.1) is 0 Å². The van der Waals surface area contributed by atoms with Crippen LogP contribution < -0.4 is 0 Å². The first kappa shape index (κ1) is 11.1. The molecule has 1 aromatic heterocycles. The van der Waals surface area contributed by atoms with Crippen molar-refractivity contribution in [1.82, 2.24) is 4.90 Å². The Labute approximate surface area is 97.5 Å². The van der Waals surface area contributed by atoms with Crippen LogP contribution in [0.4, 0.5) is 0 Å². The van der Waals surface area contributed by atoms with Crippen LogP contribution in [0, 0.1) is 5.92 Å². The summed E-state index contributed by atoms with van der Waals surface area (Å²) in [7, 11) is 0. The van der Waals surface area contributed by atoms with Gasteiger partial charge in [-0.3, -0.25) is 9.59 Å². The van der Waals surface area contributed by atoms with Crippen LogP contribution in [0.5, 0.6) is 0 Å². The number of fused-ring (bicyclic) bond motifs is 1. The third-order valence-electron chi connectivity index (χ3n) is 2.86. The molecular weight excluding hydrogens is 226 g/mol. The molecule has 2 rings (SSSR count). The van der Waals surface area contributed by atoms with E-state index < -0.39 is 11.9 Å². The number of carboxylic acid groups (broad SMARTS) is 1. The highest BCUT2D eigenvalue weighted by Crippen LogP contribution is 2.24. The molecule has 0 saturated carbocycles. The van der Waals surface area contributed by atoms with Gasteiger partial charge in [0.1, 0.15) is 5.92 Å². The van der Waals surface area contributed by atoms with E-state index in [1.165, 1.54) is 11.8 Å². The molecule has 1 amide bonds. The van der Waals surface area contributed by atoms with E-state index in [0.717, 1.165) is 12.0 Å². The van der Waals surface area contributed by atoms with Crippen molar-refractivity contribution < 1.29 is 14.7 Å². The number of nitrogens with zero attached hydrogens (tertiary/aromatic N) is 1. The van der Waals surface area contributed by atoms with Gasteiger partial charge in [0.2, 0.25) is 5.91 Å². The highest BCUT2D eigenvalue weighted by atomic mass is 32.1. The summed E-state index contributed by atoms with van der Waals surface area (Å²) >= 11 is 1.70. The highest BCUT2D eigenvalue weighted by molar-refractivity contribution is 7.10. The molecule has 4 nitrogen and oxygen atoms in total. The second-order valence-corrected chi connectivity index (χ2v) is 4.94. The van der Waals surface area contributed by atoms with Gasteiger partial charge in [-0.25, -0.2) is 0 Å². The second-order valence-electron chi connectivity index (χ2n) is 3.94. The number of carbonyl (C=O) groups is 2. The van der Waals surface area contributed by atoms with Crippen molar-refractivity contribution in [1.29, 1.82) is 0 Å². The predicted octanol–water partition coefficient (Wildman–Crippen LogP) is 1.35. The van der Waals surface area contributed by atoms with Crippen LogP contribution in [-0.4, -0.2) is 28.4 Å². The fourth-order valence-corrected chi connectivity index (χ4v) is 2.71. The van der Waals surface area contributed by atoms with Gasteiger partial charge in [0, 0.05) is 18.0 Å². The van der Waals surface area contributed by atoms with E-state index in [9.17, 15) is 9.59 Å². The molecule has 1 aliphatic heterocycles. The topological polar surface area (TPSA) is 57.6 Å². The standard InChI is InChI=1S/C11H13NO3S/c1-7(11(14)15)10(13)12-4-2-9-8(6-12)3-5-16-9/h3,5,7H,2,4,6H2,1H3,(H,14,15). The van der Waals surface area contributed by atoms with Crippen LogP contribution in [0.3, 0.4) is 0 Å². The van der Waals surface area contributed by atoms with Crippen LogP contribution >= 0.6 is 11.3 Å². The van der Waals surface area contributed by atoms with E-state index in [1.807, 2.05) is 11.4 Å². The summed E-state index contributed by atoms with van der Waals surface area (Å²) in [6, 6.07) is 2.00. The zero-order chi connectivity index (χ0) is 11.7. The number of aliphatic carboxylic acids is 1. The quantitative estimate of drug-likeness (QED) is 0.793. The maximum atomic E-state index is 11.8. The Balaban J connectivity index is 2.09. The lowest BCUT2D eigenvalue weighted by molar-refractivity contribution is -0.150. The van der Waals surface area contributed by atoms with Gasteiger partial charge in [0.15, 0.2) is 0 Å². The van der Waals surface area contributed by atoms with Crippen molar-refractivity contribution in [2.24, 2.45) is 5.92 Å². The first-order chi connectivity index (χ1) is 7.59.